The Hall–Kier alpha value is -1.72. The van der Waals surface area contributed by atoms with E-state index in [-0.39, 0.29) is 0 Å². The van der Waals surface area contributed by atoms with E-state index in [1.807, 2.05) is 0 Å². The Balaban J connectivity index is 1.38. The van der Waals surface area contributed by atoms with Crippen LogP contribution in [0.1, 0.15) is 69.7 Å². The Morgan fingerprint density at radius 2 is 1.61 bits per heavy atom. The van der Waals surface area contributed by atoms with Crippen LogP contribution in [-0.2, 0) is 13.0 Å². The highest BCUT2D eigenvalue weighted by atomic mass is 16.5. The minimum atomic E-state index is 0.698. The molecule has 154 valence electrons. The fourth-order valence-electron chi connectivity index (χ4n) is 3.78. The van der Waals surface area contributed by atoms with Gasteiger partial charge in [0.25, 0.3) is 0 Å². The lowest BCUT2D eigenvalue weighted by molar-refractivity contribution is 0.203. The molecule has 0 aliphatic carbocycles. The Morgan fingerprint density at radius 1 is 0.929 bits per heavy atom. The molecule has 0 radical (unpaired) electrons. The van der Waals surface area contributed by atoms with Gasteiger partial charge in [0.2, 0.25) is 11.7 Å². The van der Waals surface area contributed by atoms with Crippen LogP contribution in [0.15, 0.2) is 28.8 Å². The van der Waals surface area contributed by atoms with Gasteiger partial charge in [0.15, 0.2) is 0 Å². The molecule has 1 fully saturated rings. The normalized spacial score (nSPS) is 15.2. The van der Waals surface area contributed by atoms with Crippen LogP contribution in [0, 0.1) is 0 Å². The van der Waals surface area contributed by atoms with Crippen LogP contribution in [0.5, 0.6) is 0 Å². The van der Waals surface area contributed by atoms with Crippen molar-refractivity contribution >= 4 is 0 Å². The second-order valence-corrected chi connectivity index (χ2v) is 7.96. The number of nitrogens with zero attached hydrogens (tertiary/aromatic N) is 3. The van der Waals surface area contributed by atoms with Gasteiger partial charge in [-0.05, 0) is 18.4 Å². The first-order valence-corrected chi connectivity index (χ1v) is 11.2. The Morgan fingerprint density at radius 3 is 2.32 bits per heavy atom. The van der Waals surface area contributed by atoms with Crippen LogP contribution in [0.4, 0.5) is 0 Å². The van der Waals surface area contributed by atoms with E-state index in [0.29, 0.717) is 11.7 Å². The van der Waals surface area contributed by atoms with Crippen LogP contribution in [0.2, 0.25) is 0 Å². The second-order valence-electron chi connectivity index (χ2n) is 7.96. The van der Waals surface area contributed by atoms with Crippen LogP contribution in [0.25, 0.3) is 11.4 Å². The molecule has 0 atom stereocenters. The molecule has 1 aliphatic rings. The zero-order chi connectivity index (χ0) is 19.4. The summed E-state index contributed by atoms with van der Waals surface area (Å²) in [6.07, 6.45) is 12.1. The Kier molecular flexibility index (Phi) is 8.98. The third-order valence-corrected chi connectivity index (χ3v) is 5.57. The molecule has 5 heteroatoms. The van der Waals surface area contributed by atoms with Crippen LogP contribution < -0.4 is 5.32 Å². The van der Waals surface area contributed by atoms with Gasteiger partial charge in [0.05, 0.1) is 6.54 Å². The summed E-state index contributed by atoms with van der Waals surface area (Å²) in [5, 5.41) is 7.53. The molecule has 5 nitrogen and oxygen atoms in total. The summed E-state index contributed by atoms with van der Waals surface area (Å²) >= 11 is 0. The summed E-state index contributed by atoms with van der Waals surface area (Å²) in [7, 11) is 0. The Bertz CT molecular complexity index is 661. The van der Waals surface area contributed by atoms with Crippen molar-refractivity contribution in [3.05, 3.63) is 35.7 Å². The average molecular weight is 385 g/mol. The van der Waals surface area contributed by atoms with Crippen molar-refractivity contribution in [1.29, 1.82) is 0 Å². The largest absolute Gasteiger partial charge is 0.338 e. The number of hydrogen-bond donors (Lipinski definition) is 1. The van der Waals surface area contributed by atoms with Crippen LogP contribution >= 0.6 is 0 Å². The van der Waals surface area contributed by atoms with E-state index in [9.17, 15) is 0 Å². The minimum Gasteiger partial charge on any atom is -0.338 e. The molecule has 0 unspecified atom stereocenters. The molecule has 2 aromatic rings. The van der Waals surface area contributed by atoms with Gasteiger partial charge in [-0.3, -0.25) is 4.90 Å². The maximum Gasteiger partial charge on any atom is 0.241 e. The first-order valence-electron chi connectivity index (χ1n) is 11.2. The fraction of sp³-hybridized carbons (Fsp3) is 0.652. The van der Waals surface area contributed by atoms with E-state index < -0.39 is 0 Å². The molecule has 1 aromatic heterocycles. The van der Waals surface area contributed by atoms with Crippen molar-refractivity contribution in [3.8, 4) is 11.4 Å². The molecule has 28 heavy (non-hydrogen) atoms. The topological polar surface area (TPSA) is 54.2 Å². The smallest absolute Gasteiger partial charge is 0.241 e. The van der Waals surface area contributed by atoms with E-state index in [0.717, 1.165) is 44.7 Å². The summed E-state index contributed by atoms with van der Waals surface area (Å²) in [5.41, 5.74) is 2.44. The van der Waals surface area contributed by atoms with E-state index in [2.05, 4.69) is 51.5 Å². The molecule has 1 saturated heterocycles. The van der Waals surface area contributed by atoms with Gasteiger partial charge in [-0.15, -0.1) is 0 Å². The van der Waals surface area contributed by atoms with Crippen molar-refractivity contribution in [2.75, 3.05) is 26.2 Å². The maximum atomic E-state index is 5.46. The van der Waals surface area contributed by atoms with Crippen molar-refractivity contribution in [3.63, 3.8) is 0 Å². The summed E-state index contributed by atoms with van der Waals surface area (Å²) in [4.78, 5) is 6.93. The van der Waals surface area contributed by atoms with Crippen LogP contribution in [-0.4, -0.2) is 41.2 Å². The number of benzene rings is 1. The number of aromatic nitrogens is 2. The zero-order valence-corrected chi connectivity index (χ0v) is 17.5. The lowest BCUT2D eigenvalue weighted by atomic mass is 10.0. The predicted octanol–water partition coefficient (Wildman–Crippen LogP) is 4.83. The highest BCUT2D eigenvalue weighted by Crippen LogP contribution is 2.19. The number of unbranched alkanes of at least 4 members (excludes halogenated alkanes) is 7. The quantitative estimate of drug-likeness (QED) is 0.532. The minimum absolute atomic E-state index is 0.698. The SMILES string of the molecule is CCCCCCCCCCc1ccc(-c2noc(CN3CCNCC3)n2)cc1. The van der Waals surface area contributed by atoms with Crippen molar-refractivity contribution < 1.29 is 4.52 Å². The molecule has 1 aromatic carbocycles. The monoisotopic (exact) mass is 384 g/mol. The van der Waals surface area contributed by atoms with Gasteiger partial charge in [0, 0.05) is 31.7 Å². The molecule has 2 heterocycles. The van der Waals surface area contributed by atoms with E-state index in [1.54, 1.807) is 0 Å². The second kappa shape index (κ2) is 12.0. The van der Waals surface area contributed by atoms with Crippen molar-refractivity contribution in [2.24, 2.45) is 0 Å². The molecular weight excluding hydrogens is 348 g/mol. The molecule has 3 rings (SSSR count). The van der Waals surface area contributed by atoms with Crippen molar-refractivity contribution in [2.45, 2.75) is 71.3 Å². The third-order valence-electron chi connectivity index (χ3n) is 5.57. The number of aryl methyl sites for hydroxylation is 1. The molecular formula is C23H36N4O. The molecule has 0 amide bonds. The van der Waals surface area contributed by atoms with E-state index >= 15 is 0 Å². The first kappa shape index (κ1) is 21.0. The standard InChI is InChI=1S/C23H36N4O/c1-2-3-4-5-6-7-8-9-10-20-11-13-21(14-12-20)23-25-22(28-26-23)19-27-17-15-24-16-18-27/h11-14,24H,2-10,15-19H2,1H3. The van der Waals surface area contributed by atoms with Gasteiger partial charge in [0.1, 0.15) is 0 Å². The number of piperazine rings is 1. The summed E-state index contributed by atoms with van der Waals surface area (Å²) < 4.78 is 5.46. The molecule has 0 spiro atoms. The molecule has 0 bridgehead atoms. The Labute approximate surface area is 169 Å². The predicted molar refractivity (Wildman–Crippen MR) is 114 cm³/mol. The summed E-state index contributed by atoms with van der Waals surface area (Å²) in [6, 6.07) is 8.67. The van der Waals surface area contributed by atoms with Crippen molar-refractivity contribution in [1.82, 2.24) is 20.4 Å². The third kappa shape index (κ3) is 7.02. The van der Waals surface area contributed by atoms with Crippen LogP contribution in [0.3, 0.4) is 0 Å². The number of nitrogens with one attached hydrogen (secondary N) is 1. The first-order chi connectivity index (χ1) is 13.8. The van der Waals surface area contributed by atoms with Gasteiger partial charge < -0.3 is 9.84 Å². The zero-order valence-electron chi connectivity index (χ0n) is 17.5. The van der Waals surface area contributed by atoms with E-state index in [4.69, 9.17) is 4.52 Å². The summed E-state index contributed by atoms with van der Waals surface area (Å²) in [6.45, 7) is 7.14. The van der Waals surface area contributed by atoms with Gasteiger partial charge in [-0.25, -0.2) is 0 Å². The fourth-order valence-corrected chi connectivity index (χ4v) is 3.78. The lowest BCUT2D eigenvalue weighted by Crippen LogP contribution is -2.42. The molecule has 1 aliphatic heterocycles. The number of hydrogen-bond acceptors (Lipinski definition) is 5. The molecule has 0 saturated carbocycles. The van der Waals surface area contributed by atoms with E-state index in [1.165, 1.54) is 56.9 Å². The van der Waals surface area contributed by atoms with Gasteiger partial charge in [-0.1, -0.05) is 81.3 Å². The molecule has 1 N–H and O–H groups in total. The maximum absolute atomic E-state index is 5.46. The highest BCUT2D eigenvalue weighted by molar-refractivity contribution is 5.54. The lowest BCUT2D eigenvalue weighted by Gasteiger charge is -2.25. The number of rotatable bonds is 12. The summed E-state index contributed by atoms with van der Waals surface area (Å²) in [5.74, 6) is 1.41. The highest BCUT2D eigenvalue weighted by Gasteiger charge is 2.15. The average Bonchev–Trinajstić information content (AvgIpc) is 3.20. The van der Waals surface area contributed by atoms with Gasteiger partial charge in [-0.2, -0.15) is 4.98 Å². The van der Waals surface area contributed by atoms with Gasteiger partial charge >= 0.3 is 0 Å².